The van der Waals surface area contributed by atoms with Crippen molar-refractivity contribution >= 4 is 16.8 Å². The second kappa shape index (κ2) is 6.51. The Morgan fingerprint density at radius 3 is 2.75 bits per heavy atom. The van der Waals surface area contributed by atoms with Crippen molar-refractivity contribution in [3.8, 4) is 0 Å². The van der Waals surface area contributed by atoms with E-state index in [4.69, 9.17) is 4.52 Å². The summed E-state index contributed by atoms with van der Waals surface area (Å²) >= 11 is 0. The van der Waals surface area contributed by atoms with Gasteiger partial charge in [0.05, 0.1) is 11.2 Å². The van der Waals surface area contributed by atoms with Crippen LogP contribution in [0.3, 0.4) is 0 Å². The normalized spacial score (nSPS) is 11.2. The van der Waals surface area contributed by atoms with Crippen molar-refractivity contribution in [2.24, 2.45) is 7.05 Å². The highest BCUT2D eigenvalue weighted by molar-refractivity contribution is 5.99. The standard InChI is InChI=1S/C19H23N3O2/c1-12-7-5-8-15-11-17(22(4)18(12)15)19(23)20-10-6-9-16-13(2)21-24-14(16)3/h5,7-8,11H,6,9-10H2,1-4H3,(H,20,23). The zero-order chi connectivity index (χ0) is 17.3. The average Bonchev–Trinajstić information content (AvgIpc) is 3.05. The van der Waals surface area contributed by atoms with E-state index in [1.807, 2.05) is 43.7 Å². The minimum Gasteiger partial charge on any atom is -0.361 e. The van der Waals surface area contributed by atoms with Gasteiger partial charge in [-0.1, -0.05) is 23.4 Å². The Labute approximate surface area is 141 Å². The smallest absolute Gasteiger partial charge is 0.267 e. The highest BCUT2D eigenvalue weighted by Crippen LogP contribution is 2.22. The molecule has 5 heteroatoms. The molecule has 0 fully saturated rings. The van der Waals surface area contributed by atoms with Crippen LogP contribution in [0.25, 0.3) is 10.9 Å². The molecule has 2 heterocycles. The number of nitrogens with zero attached hydrogens (tertiary/aromatic N) is 2. The van der Waals surface area contributed by atoms with Crippen LogP contribution in [-0.4, -0.2) is 22.2 Å². The molecule has 0 bridgehead atoms. The third-order valence-corrected chi connectivity index (χ3v) is 4.56. The molecule has 0 aliphatic heterocycles. The molecule has 1 aromatic carbocycles. The van der Waals surface area contributed by atoms with Crippen molar-refractivity contribution in [1.82, 2.24) is 15.0 Å². The van der Waals surface area contributed by atoms with Gasteiger partial charge in [-0.3, -0.25) is 4.79 Å². The first-order chi connectivity index (χ1) is 11.5. The molecule has 0 unspecified atom stereocenters. The fourth-order valence-electron chi connectivity index (χ4n) is 3.26. The maximum absolute atomic E-state index is 12.5. The van der Waals surface area contributed by atoms with Gasteiger partial charge in [0.15, 0.2) is 0 Å². The number of carbonyl (C=O) groups excluding carboxylic acids is 1. The third-order valence-electron chi connectivity index (χ3n) is 4.56. The molecule has 2 aromatic heterocycles. The molecule has 0 radical (unpaired) electrons. The van der Waals surface area contributed by atoms with Crippen LogP contribution in [-0.2, 0) is 13.5 Å². The molecule has 3 aromatic rings. The summed E-state index contributed by atoms with van der Waals surface area (Å²) in [4.78, 5) is 12.5. The van der Waals surface area contributed by atoms with Crippen LogP contribution in [0.4, 0.5) is 0 Å². The first-order valence-electron chi connectivity index (χ1n) is 8.24. The minimum absolute atomic E-state index is 0.0353. The lowest BCUT2D eigenvalue weighted by molar-refractivity contribution is 0.0945. The van der Waals surface area contributed by atoms with E-state index in [2.05, 4.69) is 23.5 Å². The van der Waals surface area contributed by atoms with Crippen LogP contribution in [0.1, 0.15) is 39.5 Å². The summed E-state index contributed by atoms with van der Waals surface area (Å²) in [6.07, 6.45) is 1.72. The Hall–Kier alpha value is -2.56. The van der Waals surface area contributed by atoms with Gasteiger partial charge in [0.2, 0.25) is 0 Å². The van der Waals surface area contributed by atoms with Gasteiger partial charge in [0.1, 0.15) is 11.5 Å². The first kappa shape index (κ1) is 16.3. The Kier molecular flexibility index (Phi) is 4.42. The van der Waals surface area contributed by atoms with Gasteiger partial charge in [-0.2, -0.15) is 0 Å². The number of fused-ring (bicyclic) bond motifs is 1. The van der Waals surface area contributed by atoms with Gasteiger partial charge in [-0.25, -0.2) is 0 Å². The summed E-state index contributed by atoms with van der Waals surface area (Å²) in [5.41, 5.74) is 5.05. The molecule has 5 nitrogen and oxygen atoms in total. The predicted octanol–water partition coefficient (Wildman–Crippen LogP) is 3.45. The molecule has 0 atom stereocenters. The highest BCUT2D eigenvalue weighted by Gasteiger charge is 2.14. The van der Waals surface area contributed by atoms with Crippen molar-refractivity contribution < 1.29 is 9.32 Å². The predicted molar refractivity (Wildman–Crippen MR) is 94.3 cm³/mol. The summed E-state index contributed by atoms with van der Waals surface area (Å²) in [5.74, 6) is 0.829. The topological polar surface area (TPSA) is 60.1 Å². The Morgan fingerprint density at radius 2 is 2.08 bits per heavy atom. The van der Waals surface area contributed by atoms with Crippen LogP contribution in [0.15, 0.2) is 28.8 Å². The van der Waals surface area contributed by atoms with Gasteiger partial charge >= 0.3 is 0 Å². The fourth-order valence-corrected chi connectivity index (χ4v) is 3.26. The fraction of sp³-hybridized carbons (Fsp3) is 0.368. The maximum atomic E-state index is 12.5. The number of hydrogen-bond acceptors (Lipinski definition) is 3. The van der Waals surface area contributed by atoms with Crippen molar-refractivity contribution in [3.05, 3.63) is 52.5 Å². The number of nitrogens with one attached hydrogen (secondary N) is 1. The lowest BCUT2D eigenvalue weighted by Gasteiger charge is -2.07. The van der Waals surface area contributed by atoms with Crippen LogP contribution in [0, 0.1) is 20.8 Å². The molecule has 0 aliphatic rings. The van der Waals surface area contributed by atoms with Crippen molar-refractivity contribution in [1.29, 1.82) is 0 Å². The molecular formula is C19H23N3O2. The number of benzene rings is 1. The van der Waals surface area contributed by atoms with Crippen molar-refractivity contribution in [2.75, 3.05) is 6.54 Å². The summed E-state index contributed by atoms with van der Waals surface area (Å²) in [7, 11) is 1.94. The molecule has 1 N–H and O–H groups in total. The maximum Gasteiger partial charge on any atom is 0.267 e. The summed E-state index contributed by atoms with van der Waals surface area (Å²) in [6, 6.07) is 8.07. The Morgan fingerprint density at radius 1 is 1.29 bits per heavy atom. The van der Waals surface area contributed by atoms with Crippen molar-refractivity contribution in [3.63, 3.8) is 0 Å². The van der Waals surface area contributed by atoms with E-state index < -0.39 is 0 Å². The molecule has 0 spiro atoms. The minimum atomic E-state index is -0.0353. The Balaban J connectivity index is 1.64. The van der Waals surface area contributed by atoms with Crippen LogP contribution in [0.2, 0.25) is 0 Å². The SMILES string of the molecule is Cc1noc(C)c1CCCNC(=O)c1cc2cccc(C)c2n1C. The van der Waals surface area contributed by atoms with Gasteiger partial charge in [0.25, 0.3) is 5.91 Å². The quantitative estimate of drug-likeness (QED) is 0.731. The number of carbonyl (C=O) groups is 1. The second-order valence-corrected chi connectivity index (χ2v) is 6.26. The van der Waals surface area contributed by atoms with E-state index in [-0.39, 0.29) is 5.91 Å². The van der Waals surface area contributed by atoms with Gasteiger partial charge < -0.3 is 14.4 Å². The molecule has 3 rings (SSSR count). The zero-order valence-electron chi connectivity index (χ0n) is 14.6. The second-order valence-electron chi connectivity index (χ2n) is 6.26. The summed E-state index contributed by atoms with van der Waals surface area (Å²) in [5, 5.41) is 8.06. The number of rotatable bonds is 5. The average molecular weight is 325 g/mol. The van der Waals surface area contributed by atoms with Gasteiger partial charge in [-0.05, 0) is 45.2 Å². The molecular weight excluding hydrogens is 302 g/mol. The van der Waals surface area contributed by atoms with E-state index in [0.29, 0.717) is 12.2 Å². The molecule has 126 valence electrons. The molecule has 0 saturated carbocycles. The third kappa shape index (κ3) is 2.94. The van der Waals surface area contributed by atoms with E-state index in [9.17, 15) is 4.79 Å². The first-order valence-corrected chi connectivity index (χ1v) is 8.24. The number of para-hydroxylation sites is 1. The van der Waals surface area contributed by atoms with Crippen molar-refractivity contribution in [2.45, 2.75) is 33.6 Å². The van der Waals surface area contributed by atoms with E-state index in [0.717, 1.165) is 40.8 Å². The highest BCUT2D eigenvalue weighted by atomic mass is 16.5. The number of hydrogen-bond donors (Lipinski definition) is 1. The van der Waals surface area contributed by atoms with Crippen LogP contribution >= 0.6 is 0 Å². The lowest BCUT2D eigenvalue weighted by atomic mass is 10.1. The molecule has 0 saturated heterocycles. The monoisotopic (exact) mass is 325 g/mol. The van der Waals surface area contributed by atoms with Gasteiger partial charge in [-0.15, -0.1) is 0 Å². The number of aryl methyl sites for hydroxylation is 4. The number of aromatic nitrogens is 2. The molecule has 1 amide bonds. The molecule has 24 heavy (non-hydrogen) atoms. The molecule has 0 aliphatic carbocycles. The van der Waals surface area contributed by atoms with E-state index >= 15 is 0 Å². The van der Waals surface area contributed by atoms with Crippen LogP contribution in [0.5, 0.6) is 0 Å². The van der Waals surface area contributed by atoms with E-state index in [1.165, 1.54) is 5.56 Å². The zero-order valence-corrected chi connectivity index (χ0v) is 14.6. The van der Waals surface area contributed by atoms with Gasteiger partial charge in [0, 0.05) is 24.5 Å². The summed E-state index contributed by atoms with van der Waals surface area (Å²) < 4.78 is 7.13. The van der Waals surface area contributed by atoms with Crippen LogP contribution < -0.4 is 5.32 Å². The summed E-state index contributed by atoms with van der Waals surface area (Å²) in [6.45, 7) is 6.56. The number of amides is 1. The Bertz CT molecular complexity index is 870. The van der Waals surface area contributed by atoms with E-state index in [1.54, 1.807) is 0 Å². The lowest BCUT2D eigenvalue weighted by Crippen LogP contribution is -2.26. The largest absolute Gasteiger partial charge is 0.361 e.